The van der Waals surface area contributed by atoms with Gasteiger partial charge in [-0.05, 0) is 67.8 Å². The zero-order valence-electron chi connectivity index (χ0n) is 11.2. The van der Waals surface area contributed by atoms with Gasteiger partial charge < -0.3 is 20.8 Å². The van der Waals surface area contributed by atoms with E-state index in [1.165, 1.54) is 11.8 Å². The molecule has 0 spiro atoms. The number of amides is 2. The molecule has 0 aliphatic heterocycles. The molecule has 0 atom stereocenters. The van der Waals surface area contributed by atoms with E-state index in [0.29, 0.717) is 7.14 Å². The molecule has 0 fully saturated rings. The Morgan fingerprint density at radius 2 is 1.59 bits per heavy atom. The van der Waals surface area contributed by atoms with Gasteiger partial charge in [-0.3, -0.25) is 9.59 Å². The normalized spacial score (nSPS) is 10.4. The fraction of sp³-hybridized carbons (Fsp3) is 0.250. The van der Waals surface area contributed by atoms with Crippen molar-refractivity contribution >= 4 is 91.2 Å². The topological polar surface area (TPSA) is 121 Å². The van der Waals surface area contributed by atoms with Crippen LogP contribution in [0.2, 0.25) is 0 Å². The first-order chi connectivity index (χ1) is 10.1. The lowest BCUT2D eigenvalue weighted by molar-refractivity contribution is -0.116. The van der Waals surface area contributed by atoms with Crippen LogP contribution < -0.4 is 10.6 Å². The monoisotopic (exact) mass is 644 g/mol. The fourth-order valence-corrected chi connectivity index (χ4v) is 6.56. The summed E-state index contributed by atoms with van der Waals surface area (Å²) in [6.07, 6.45) is 0. The van der Waals surface area contributed by atoms with Gasteiger partial charge in [-0.15, -0.1) is 0 Å². The third kappa shape index (κ3) is 3.81. The highest BCUT2D eigenvalue weighted by atomic mass is 127. The Hall–Kier alpha value is -0.220. The average molecular weight is 644 g/mol. The standard InChI is InChI=1S/C12H11I3N2O5/c1-4(19)17(2-3-18)10-8(14)5(11(16)20)7(13)6(9(10)15)12(21)22/h18H,2-3H2,1H3,(H2,16,20)(H,21,22). The molecule has 1 rings (SSSR count). The smallest absolute Gasteiger partial charge is 0.337 e. The van der Waals surface area contributed by atoms with Crippen molar-refractivity contribution in [3.05, 3.63) is 21.8 Å². The van der Waals surface area contributed by atoms with Gasteiger partial charge in [0, 0.05) is 17.0 Å². The number of primary amides is 1. The molecule has 1 aromatic carbocycles. The van der Waals surface area contributed by atoms with Crippen LogP contribution in [-0.2, 0) is 4.79 Å². The highest BCUT2D eigenvalue weighted by Crippen LogP contribution is 2.37. The van der Waals surface area contributed by atoms with Gasteiger partial charge >= 0.3 is 5.97 Å². The molecule has 120 valence electrons. The zero-order valence-corrected chi connectivity index (χ0v) is 17.7. The summed E-state index contributed by atoms with van der Waals surface area (Å²) in [5.74, 6) is -2.37. The van der Waals surface area contributed by atoms with Crippen molar-refractivity contribution < 1.29 is 24.6 Å². The number of hydrogen-bond donors (Lipinski definition) is 3. The van der Waals surface area contributed by atoms with Crippen LogP contribution in [0.5, 0.6) is 0 Å². The number of aliphatic hydroxyl groups excluding tert-OH is 1. The summed E-state index contributed by atoms with van der Waals surface area (Å²) in [4.78, 5) is 36.3. The highest BCUT2D eigenvalue weighted by Gasteiger charge is 2.30. The number of rotatable bonds is 5. The number of nitrogens with zero attached hydrogens (tertiary/aromatic N) is 1. The molecular formula is C12H11I3N2O5. The van der Waals surface area contributed by atoms with Gasteiger partial charge in [0.2, 0.25) is 5.91 Å². The number of carboxylic acid groups (broad SMARTS) is 1. The van der Waals surface area contributed by atoms with Crippen LogP contribution in [0.15, 0.2) is 0 Å². The second-order valence-electron chi connectivity index (χ2n) is 4.10. The molecular weight excluding hydrogens is 633 g/mol. The third-order valence-electron chi connectivity index (χ3n) is 2.73. The van der Waals surface area contributed by atoms with Crippen LogP contribution in [0.25, 0.3) is 0 Å². The molecule has 0 unspecified atom stereocenters. The van der Waals surface area contributed by atoms with Gasteiger partial charge in [-0.25, -0.2) is 4.79 Å². The Kier molecular flexibility index (Phi) is 7.25. The van der Waals surface area contributed by atoms with E-state index < -0.39 is 11.9 Å². The lowest BCUT2D eigenvalue weighted by Crippen LogP contribution is -2.34. The number of halogens is 3. The molecule has 22 heavy (non-hydrogen) atoms. The summed E-state index contributed by atoms with van der Waals surface area (Å²) in [7, 11) is 0. The molecule has 0 aliphatic carbocycles. The van der Waals surface area contributed by atoms with Gasteiger partial charge in [0.1, 0.15) is 0 Å². The molecule has 0 radical (unpaired) electrons. The van der Waals surface area contributed by atoms with Gasteiger partial charge in [-0.2, -0.15) is 0 Å². The van der Waals surface area contributed by atoms with E-state index in [2.05, 4.69) is 0 Å². The quantitative estimate of drug-likeness (QED) is 0.422. The van der Waals surface area contributed by atoms with Crippen molar-refractivity contribution in [1.82, 2.24) is 0 Å². The Morgan fingerprint density at radius 1 is 1.09 bits per heavy atom. The maximum absolute atomic E-state index is 11.8. The van der Waals surface area contributed by atoms with Crippen LogP contribution >= 0.6 is 67.8 Å². The van der Waals surface area contributed by atoms with Crippen LogP contribution in [-0.4, -0.2) is 41.1 Å². The number of aromatic carboxylic acids is 1. The number of anilines is 1. The van der Waals surface area contributed by atoms with Crippen molar-refractivity contribution in [2.45, 2.75) is 6.92 Å². The summed E-state index contributed by atoms with van der Waals surface area (Å²) in [5, 5.41) is 18.5. The molecule has 0 aromatic heterocycles. The van der Waals surface area contributed by atoms with Crippen molar-refractivity contribution in [1.29, 1.82) is 0 Å². The third-order valence-corrected chi connectivity index (χ3v) is 5.91. The van der Waals surface area contributed by atoms with E-state index in [4.69, 9.17) is 10.8 Å². The zero-order chi connectivity index (χ0) is 17.2. The lowest BCUT2D eigenvalue weighted by atomic mass is 10.1. The predicted octanol–water partition coefficient (Wildman–Crippen LogP) is 1.64. The largest absolute Gasteiger partial charge is 0.478 e. The molecule has 2 amide bonds. The Morgan fingerprint density at radius 3 is 1.95 bits per heavy atom. The first-order valence-electron chi connectivity index (χ1n) is 5.77. The summed E-state index contributed by atoms with van der Waals surface area (Å²) in [5.41, 5.74) is 5.60. The van der Waals surface area contributed by atoms with E-state index in [-0.39, 0.29) is 39.4 Å². The molecule has 10 heteroatoms. The molecule has 0 saturated carbocycles. The van der Waals surface area contributed by atoms with Crippen molar-refractivity contribution in [2.24, 2.45) is 5.73 Å². The summed E-state index contributed by atoms with van der Waals surface area (Å²) in [6, 6.07) is 0. The Balaban J connectivity index is 3.88. The number of carboxylic acids is 1. The average Bonchev–Trinajstić information content (AvgIpc) is 2.36. The van der Waals surface area contributed by atoms with Crippen molar-refractivity contribution in [2.75, 3.05) is 18.1 Å². The molecule has 0 saturated heterocycles. The first-order valence-corrected chi connectivity index (χ1v) is 9.01. The second kappa shape index (κ2) is 8.05. The minimum Gasteiger partial charge on any atom is -0.478 e. The van der Waals surface area contributed by atoms with Crippen molar-refractivity contribution in [3.8, 4) is 0 Å². The van der Waals surface area contributed by atoms with E-state index in [0.717, 1.165) is 0 Å². The van der Waals surface area contributed by atoms with Crippen molar-refractivity contribution in [3.63, 3.8) is 0 Å². The lowest BCUT2D eigenvalue weighted by Gasteiger charge is -2.25. The maximum atomic E-state index is 11.8. The second-order valence-corrected chi connectivity index (χ2v) is 7.34. The number of benzene rings is 1. The fourth-order valence-electron chi connectivity index (χ4n) is 1.82. The predicted molar refractivity (Wildman–Crippen MR) is 105 cm³/mol. The van der Waals surface area contributed by atoms with E-state index >= 15 is 0 Å². The van der Waals surface area contributed by atoms with E-state index in [9.17, 15) is 19.5 Å². The molecule has 0 bridgehead atoms. The van der Waals surface area contributed by atoms with Gasteiger partial charge in [0.15, 0.2) is 0 Å². The molecule has 4 N–H and O–H groups in total. The number of aliphatic hydroxyl groups is 1. The minimum absolute atomic E-state index is 0.0147. The van der Waals surface area contributed by atoms with Crippen LogP contribution in [0.3, 0.4) is 0 Å². The summed E-state index contributed by atoms with van der Waals surface area (Å²) >= 11 is 5.43. The summed E-state index contributed by atoms with van der Waals surface area (Å²) in [6.45, 7) is 0.982. The molecule has 7 nitrogen and oxygen atoms in total. The van der Waals surface area contributed by atoms with Crippen LogP contribution in [0.4, 0.5) is 5.69 Å². The molecule has 1 aromatic rings. The summed E-state index contributed by atoms with van der Waals surface area (Å²) < 4.78 is 0.919. The number of hydrogen-bond acceptors (Lipinski definition) is 4. The van der Waals surface area contributed by atoms with Gasteiger partial charge in [0.25, 0.3) is 5.91 Å². The number of nitrogens with two attached hydrogens (primary N) is 1. The number of carbonyl (C=O) groups excluding carboxylic acids is 2. The first kappa shape index (κ1) is 19.8. The van der Waals surface area contributed by atoms with Crippen LogP contribution in [0, 0.1) is 10.7 Å². The van der Waals surface area contributed by atoms with Gasteiger partial charge in [-0.1, -0.05) is 0 Å². The molecule has 0 aliphatic rings. The Bertz CT molecular complexity index is 622. The van der Waals surface area contributed by atoms with E-state index in [1.54, 1.807) is 22.6 Å². The van der Waals surface area contributed by atoms with E-state index in [1.807, 2.05) is 45.2 Å². The van der Waals surface area contributed by atoms with Crippen LogP contribution in [0.1, 0.15) is 27.6 Å². The Labute approximate surface area is 167 Å². The van der Waals surface area contributed by atoms with Gasteiger partial charge in [0.05, 0.1) is 30.6 Å². The highest BCUT2D eigenvalue weighted by molar-refractivity contribution is 14.1. The SMILES string of the molecule is CC(=O)N(CCO)c1c(I)c(C(N)=O)c(I)c(C(=O)O)c1I. The minimum atomic E-state index is -1.22. The number of carbonyl (C=O) groups is 3. The maximum Gasteiger partial charge on any atom is 0.337 e. The molecule has 0 heterocycles.